The van der Waals surface area contributed by atoms with Gasteiger partial charge in [-0.2, -0.15) is 0 Å². The number of nitrogens with zero attached hydrogens (tertiary/aromatic N) is 1. The predicted octanol–water partition coefficient (Wildman–Crippen LogP) is 1.60. The van der Waals surface area contributed by atoms with Crippen LogP contribution < -0.4 is 11.1 Å². The molecule has 0 saturated heterocycles. The first kappa shape index (κ1) is 16.4. The summed E-state index contributed by atoms with van der Waals surface area (Å²) < 4.78 is 0. The Morgan fingerprint density at radius 1 is 1.47 bits per heavy atom. The smallest absolute Gasteiger partial charge is 0.238 e. The molecule has 0 heterocycles. The van der Waals surface area contributed by atoms with Gasteiger partial charge in [-0.05, 0) is 64.7 Å². The van der Waals surface area contributed by atoms with Crippen molar-refractivity contribution in [2.45, 2.75) is 51.5 Å². The monoisotopic (exact) mass is 269 g/mol. The Morgan fingerprint density at radius 2 is 2.16 bits per heavy atom. The van der Waals surface area contributed by atoms with Crippen molar-refractivity contribution in [2.75, 3.05) is 27.2 Å². The molecule has 1 rings (SSSR count). The summed E-state index contributed by atoms with van der Waals surface area (Å²) in [5.41, 5.74) is 5.16. The highest BCUT2D eigenvalue weighted by Crippen LogP contribution is 2.37. The molecule has 0 aromatic rings. The molecular weight excluding hydrogens is 238 g/mol. The molecule has 1 amide bonds. The van der Waals surface area contributed by atoms with E-state index in [1.807, 2.05) is 7.05 Å². The average Bonchev–Trinajstić information content (AvgIpc) is 2.77. The van der Waals surface area contributed by atoms with Crippen LogP contribution in [0.3, 0.4) is 0 Å². The van der Waals surface area contributed by atoms with Crippen LogP contribution >= 0.6 is 0 Å². The highest BCUT2D eigenvalue weighted by molar-refractivity contribution is 5.85. The first-order valence-corrected chi connectivity index (χ1v) is 7.59. The number of rotatable bonds is 8. The average molecular weight is 269 g/mol. The molecule has 2 atom stereocenters. The first-order chi connectivity index (χ1) is 8.92. The number of carbonyl (C=O) groups is 1. The number of likely N-dealkylation sites (N-methyl/N-ethyl adjacent to an activating group) is 1. The van der Waals surface area contributed by atoms with Crippen molar-refractivity contribution in [1.29, 1.82) is 0 Å². The van der Waals surface area contributed by atoms with Gasteiger partial charge in [-0.15, -0.1) is 0 Å². The fourth-order valence-corrected chi connectivity index (χ4v) is 3.21. The van der Waals surface area contributed by atoms with E-state index in [4.69, 9.17) is 5.73 Å². The van der Waals surface area contributed by atoms with Gasteiger partial charge in [-0.3, -0.25) is 4.79 Å². The number of hydrogen-bond acceptors (Lipinski definition) is 3. The summed E-state index contributed by atoms with van der Waals surface area (Å²) in [6, 6.07) is 0. The van der Waals surface area contributed by atoms with Crippen LogP contribution in [0, 0.1) is 11.8 Å². The van der Waals surface area contributed by atoms with E-state index in [0.29, 0.717) is 5.92 Å². The Kier molecular flexibility index (Phi) is 6.27. The largest absolute Gasteiger partial charge is 0.368 e. The number of hydrogen-bond donors (Lipinski definition) is 2. The minimum atomic E-state index is -0.459. The van der Waals surface area contributed by atoms with Crippen LogP contribution in [0.25, 0.3) is 0 Å². The Balaban J connectivity index is 2.45. The van der Waals surface area contributed by atoms with Gasteiger partial charge in [0.1, 0.15) is 5.54 Å². The molecule has 19 heavy (non-hydrogen) atoms. The summed E-state index contributed by atoms with van der Waals surface area (Å²) >= 11 is 0. The van der Waals surface area contributed by atoms with E-state index in [0.717, 1.165) is 44.7 Å². The lowest BCUT2D eigenvalue weighted by atomic mass is 9.84. The van der Waals surface area contributed by atoms with Gasteiger partial charge >= 0.3 is 0 Å². The predicted molar refractivity (Wildman–Crippen MR) is 79.9 cm³/mol. The van der Waals surface area contributed by atoms with E-state index >= 15 is 0 Å². The van der Waals surface area contributed by atoms with Gasteiger partial charge < -0.3 is 16.0 Å². The number of nitrogens with two attached hydrogens (primary N) is 1. The summed E-state index contributed by atoms with van der Waals surface area (Å²) in [6.07, 6.45) is 5.39. The Labute approximate surface area is 118 Å². The molecule has 0 bridgehead atoms. The summed E-state index contributed by atoms with van der Waals surface area (Å²) in [6.45, 7) is 6.69. The Hall–Kier alpha value is -0.610. The van der Waals surface area contributed by atoms with Crippen molar-refractivity contribution in [3.05, 3.63) is 0 Å². The molecule has 4 heteroatoms. The van der Waals surface area contributed by atoms with E-state index in [9.17, 15) is 4.79 Å². The van der Waals surface area contributed by atoms with Crippen LogP contribution in [0.5, 0.6) is 0 Å². The van der Waals surface area contributed by atoms with E-state index in [-0.39, 0.29) is 5.91 Å². The van der Waals surface area contributed by atoms with Gasteiger partial charge in [-0.25, -0.2) is 0 Å². The zero-order chi connectivity index (χ0) is 14.5. The number of carbonyl (C=O) groups excluding carboxylic acids is 1. The van der Waals surface area contributed by atoms with E-state index in [1.54, 1.807) is 0 Å². The molecule has 0 aromatic carbocycles. The Bertz CT molecular complexity index is 293. The molecule has 3 N–H and O–H groups in total. The molecule has 112 valence electrons. The van der Waals surface area contributed by atoms with E-state index < -0.39 is 5.54 Å². The first-order valence-electron chi connectivity index (χ1n) is 7.59. The summed E-state index contributed by atoms with van der Waals surface area (Å²) in [4.78, 5) is 14.1. The van der Waals surface area contributed by atoms with Crippen molar-refractivity contribution in [1.82, 2.24) is 10.2 Å². The third kappa shape index (κ3) is 4.18. The van der Waals surface area contributed by atoms with Crippen LogP contribution in [-0.4, -0.2) is 43.5 Å². The quantitative estimate of drug-likeness (QED) is 0.703. The van der Waals surface area contributed by atoms with Gasteiger partial charge in [0.2, 0.25) is 5.91 Å². The molecule has 1 aliphatic rings. The molecule has 0 aromatic heterocycles. The number of primary amides is 1. The van der Waals surface area contributed by atoms with Gasteiger partial charge in [0.25, 0.3) is 0 Å². The molecule has 0 radical (unpaired) electrons. The van der Waals surface area contributed by atoms with Crippen molar-refractivity contribution in [2.24, 2.45) is 17.6 Å². The maximum atomic E-state index is 11.8. The van der Waals surface area contributed by atoms with Crippen molar-refractivity contribution in [3.63, 3.8) is 0 Å². The maximum Gasteiger partial charge on any atom is 0.238 e. The van der Waals surface area contributed by atoms with Crippen molar-refractivity contribution in [3.8, 4) is 0 Å². The fraction of sp³-hybridized carbons (Fsp3) is 0.933. The van der Waals surface area contributed by atoms with E-state index in [2.05, 4.69) is 31.1 Å². The minimum absolute atomic E-state index is 0.178. The molecule has 2 unspecified atom stereocenters. The SMILES string of the molecule is CNC1(C(N)=O)CCCC1CCN(C)CCC(C)C. The standard InChI is InChI=1S/C15H31N3O/c1-12(2)7-10-18(4)11-8-13-6-5-9-15(13,17-3)14(16)19/h12-13,17H,5-11H2,1-4H3,(H2,16,19). The van der Waals surface area contributed by atoms with Crippen LogP contribution in [0.1, 0.15) is 46.0 Å². The highest BCUT2D eigenvalue weighted by Gasteiger charge is 2.46. The maximum absolute atomic E-state index is 11.8. The van der Waals surface area contributed by atoms with E-state index in [1.165, 1.54) is 6.42 Å². The van der Waals surface area contributed by atoms with Crippen molar-refractivity contribution >= 4 is 5.91 Å². The zero-order valence-corrected chi connectivity index (χ0v) is 13.0. The summed E-state index contributed by atoms with van der Waals surface area (Å²) in [5.74, 6) is 0.954. The van der Waals surface area contributed by atoms with Crippen molar-refractivity contribution < 1.29 is 4.79 Å². The highest BCUT2D eigenvalue weighted by atomic mass is 16.1. The molecule has 0 spiro atoms. The fourth-order valence-electron chi connectivity index (χ4n) is 3.21. The van der Waals surface area contributed by atoms with Crippen LogP contribution in [-0.2, 0) is 4.79 Å². The Morgan fingerprint density at radius 3 is 2.68 bits per heavy atom. The van der Waals surface area contributed by atoms with Crippen LogP contribution in [0.2, 0.25) is 0 Å². The molecule has 0 aliphatic heterocycles. The van der Waals surface area contributed by atoms with Crippen LogP contribution in [0.4, 0.5) is 0 Å². The third-order valence-electron chi connectivity index (χ3n) is 4.65. The molecule has 1 saturated carbocycles. The second-order valence-corrected chi connectivity index (χ2v) is 6.45. The van der Waals surface area contributed by atoms with Gasteiger partial charge in [-0.1, -0.05) is 20.3 Å². The van der Waals surface area contributed by atoms with Gasteiger partial charge in [0.15, 0.2) is 0 Å². The third-order valence-corrected chi connectivity index (χ3v) is 4.65. The molecule has 4 nitrogen and oxygen atoms in total. The second-order valence-electron chi connectivity index (χ2n) is 6.45. The van der Waals surface area contributed by atoms with Gasteiger partial charge in [0, 0.05) is 0 Å². The topological polar surface area (TPSA) is 58.4 Å². The minimum Gasteiger partial charge on any atom is -0.368 e. The normalized spacial score (nSPS) is 27.4. The number of nitrogens with one attached hydrogen (secondary N) is 1. The zero-order valence-electron chi connectivity index (χ0n) is 13.0. The van der Waals surface area contributed by atoms with Crippen LogP contribution in [0.15, 0.2) is 0 Å². The lowest BCUT2D eigenvalue weighted by molar-refractivity contribution is -0.125. The number of amides is 1. The lowest BCUT2D eigenvalue weighted by Crippen LogP contribution is -2.56. The molecule has 1 aliphatic carbocycles. The molecule has 1 fully saturated rings. The summed E-state index contributed by atoms with van der Waals surface area (Å²) in [5, 5.41) is 3.21. The van der Waals surface area contributed by atoms with Gasteiger partial charge in [0.05, 0.1) is 0 Å². The second kappa shape index (κ2) is 7.25. The lowest BCUT2D eigenvalue weighted by Gasteiger charge is -2.33. The summed E-state index contributed by atoms with van der Waals surface area (Å²) in [7, 11) is 4.04. The molecular formula is C15H31N3O.